The summed E-state index contributed by atoms with van der Waals surface area (Å²) in [5, 5.41) is 0. The zero-order valence-electron chi connectivity index (χ0n) is 59.0. The molecule has 8 bridgehead atoms. The topological polar surface area (TPSA) is 111 Å². The standard InChI is InChI=1S/C62H116O12S16Si4/c1-16-56(57(75-83-87-79-59(43-48-29-33-52(59)39-48)91(63-17-2,64-18-3)65-19-4)76-84-88-80-60(44-49-30-34-53(60)40-49)92(66-20-5,67-21-6)68-22-7)58(38-37-47(14)15,77-85-89-81-61(45-50-31-35-54(61)41-50)93(69-23-8,70-24-9)71-25-10)78-86-90-82-62(46-51-32-36-55(62)42-51)94(72-26-11,73-27-12)74-28-13/h47-55H,16-46H2,1-15H3. The van der Waals surface area contributed by atoms with Crippen molar-refractivity contribution >= 4 is 200 Å². The molecule has 0 aromatic heterocycles. The first kappa shape index (κ1) is 85.3. The minimum atomic E-state index is -3.15. The van der Waals surface area contributed by atoms with Crippen LogP contribution in [-0.2, 0) is 53.1 Å². The lowest BCUT2D eigenvalue weighted by molar-refractivity contribution is 0.0494. The predicted molar refractivity (Wildman–Crippen MR) is 441 cm³/mol. The van der Waals surface area contributed by atoms with Gasteiger partial charge in [-0.25, -0.2) is 0 Å². The molecular weight excluding hydrogens is 1560 g/mol. The molecule has 12 atom stereocenters. The molecule has 8 rings (SSSR count). The second-order valence-corrected chi connectivity index (χ2v) is 64.4. The van der Waals surface area contributed by atoms with Gasteiger partial charge in [-0.3, -0.25) is 0 Å². The molecule has 8 saturated carbocycles. The van der Waals surface area contributed by atoms with Gasteiger partial charge in [-0.15, -0.1) is 0 Å². The van der Waals surface area contributed by atoms with E-state index >= 15 is 0 Å². The van der Waals surface area contributed by atoms with Gasteiger partial charge in [0.25, 0.3) is 0 Å². The molecule has 8 aliphatic carbocycles. The van der Waals surface area contributed by atoms with Crippen LogP contribution in [-0.4, -0.2) is 136 Å². The second-order valence-electron chi connectivity index (χ2n) is 26.3. The summed E-state index contributed by atoms with van der Waals surface area (Å²) in [6.45, 7) is 39.8. The molecule has 0 spiro atoms. The maximum Gasteiger partial charge on any atom is 0.519 e. The Hall–Kier alpha value is 5.73. The number of rotatable bonds is 53. The zero-order valence-corrected chi connectivity index (χ0v) is 76.1. The van der Waals surface area contributed by atoms with Crippen LogP contribution in [0.15, 0.2) is 9.81 Å². The van der Waals surface area contributed by atoms with E-state index in [1.807, 2.05) is 122 Å². The highest BCUT2D eigenvalue weighted by atomic mass is 33.7. The van der Waals surface area contributed by atoms with Crippen molar-refractivity contribution in [2.75, 3.05) is 79.3 Å². The summed E-state index contributed by atoms with van der Waals surface area (Å²) in [6.07, 6.45) is 22.4. The molecule has 0 radical (unpaired) electrons. The number of fused-ring (bicyclic) bond motifs is 8. The Morgan fingerprint density at radius 2 is 0.596 bits per heavy atom. The van der Waals surface area contributed by atoms with E-state index in [2.05, 4.69) is 147 Å². The van der Waals surface area contributed by atoms with E-state index in [9.17, 15) is 0 Å². The lowest BCUT2D eigenvalue weighted by Gasteiger charge is -2.47. The zero-order chi connectivity index (χ0) is 67.6. The molecule has 0 aromatic carbocycles. The molecule has 0 heterocycles. The normalized spacial score (nSPS) is 31.1. The van der Waals surface area contributed by atoms with Crippen LogP contribution in [0.5, 0.6) is 0 Å². The van der Waals surface area contributed by atoms with Gasteiger partial charge in [0.05, 0.1) is 4.24 Å². The van der Waals surface area contributed by atoms with Crippen LogP contribution in [0.2, 0.25) is 0 Å². The molecule has 8 aliphatic rings. The van der Waals surface area contributed by atoms with E-state index in [0.29, 0.717) is 133 Å². The Kier molecular flexibility index (Phi) is 37.2. The third-order valence-corrected chi connectivity index (χ3v) is 71.3. The molecule has 548 valence electrons. The van der Waals surface area contributed by atoms with Crippen LogP contribution in [0, 0.1) is 53.3 Å². The molecule has 0 N–H and O–H groups in total. The maximum atomic E-state index is 6.96. The fourth-order valence-corrected chi connectivity index (χ4v) is 76.2. The fraction of sp³-hybridized carbons (Fsp3) is 0.968. The van der Waals surface area contributed by atoms with Crippen molar-refractivity contribution < 1.29 is 53.1 Å². The summed E-state index contributed by atoms with van der Waals surface area (Å²) in [7, 11) is 19.6. The minimum absolute atomic E-state index is 0.203. The van der Waals surface area contributed by atoms with Gasteiger partial charge in [-0.2, -0.15) is 0 Å². The van der Waals surface area contributed by atoms with Crippen molar-refractivity contribution in [1.29, 1.82) is 0 Å². The van der Waals surface area contributed by atoms with Crippen molar-refractivity contribution in [1.82, 2.24) is 0 Å². The van der Waals surface area contributed by atoms with Crippen LogP contribution in [0.3, 0.4) is 0 Å². The number of hydrogen-bond donors (Lipinski definition) is 0. The van der Waals surface area contributed by atoms with E-state index in [4.69, 9.17) is 53.1 Å². The van der Waals surface area contributed by atoms with Gasteiger partial charge >= 0.3 is 35.2 Å². The van der Waals surface area contributed by atoms with Gasteiger partial charge in [-0.05, 0) is 338 Å². The van der Waals surface area contributed by atoms with E-state index in [1.54, 1.807) is 0 Å². The summed E-state index contributed by atoms with van der Waals surface area (Å²) >= 11 is 0. The van der Waals surface area contributed by atoms with Gasteiger partial charge in [-0.1, -0.05) is 111 Å². The lowest BCUT2D eigenvalue weighted by atomic mass is 9.99. The summed E-state index contributed by atoms with van der Waals surface area (Å²) in [5.41, 5.74) is 1.52. The Morgan fingerprint density at radius 3 is 0.787 bits per heavy atom. The van der Waals surface area contributed by atoms with Gasteiger partial charge in [0.1, 0.15) is 21.6 Å². The highest BCUT2D eigenvalue weighted by Crippen LogP contribution is 2.75. The van der Waals surface area contributed by atoms with Crippen molar-refractivity contribution in [2.24, 2.45) is 53.3 Å². The molecule has 32 heteroatoms. The first-order valence-electron chi connectivity index (χ1n) is 35.7. The van der Waals surface area contributed by atoms with Crippen LogP contribution in [0.4, 0.5) is 0 Å². The average Bonchev–Trinajstić information content (AvgIpc) is 1.59. The average molecular weight is 1680 g/mol. The monoisotopic (exact) mass is 1680 g/mol. The summed E-state index contributed by atoms with van der Waals surface area (Å²) in [6, 6.07) is 0. The Morgan fingerprint density at radius 1 is 0.351 bits per heavy atom. The van der Waals surface area contributed by atoms with Gasteiger partial charge in [0.15, 0.2) is 0 Å². The van der Waals surface area contributed by atoms with E-state index in [0.717, 1.165) is 44.9 Å². The minimum Gasteiger partial charge on any atom is -0.373 e. The van der Waals surface area contributed by atoms with Crippen molar-refractivity contribution in [3.8, 4) is 0 Å². The summed E-state index contributed by atoms with van der Waals surface area (Å²) in [5.74, 6) is 5.28. The SMILES string of the molecule is CCO[Si](OCC)(OCC)C1(SSSSC(SSSSC2([Si](OCC)(OCC)OCC)CC3CCC2C3)=C(CC)C(CCC(C)C)(SSSSC2([Si](OCC)(OCC)OCC)CC3CCC2C3)SSSSC2([Si](OCC)(OCC)OCC)CC3CCC2C3)CC2CCC1C2. The lowest BCUT2D eigenvalue weighted by Crippen LogP contribution is -2.65. The van der Waals surface area contributed by atoms with E-state index in [-0.39, 0.29) is 21.6 Å². The van der Waals surface area contributed by atoms with Crippen LogP contribution < -0.4 is 0 Å². The molecule has 0 aromatic rings. The second kappa shape index (κ2) is 41.0. The molecule has 0 saturated heterocycles. The Bertz CT molecular complexity index is 2100. The maximum absolute atomic E-state index is 6.96. The van der Waals surface area contributed by atoms with Crippen molar-refractivity contribution in [3.05, 3.63) is 9.81 Å². The van der Waals surface area contributed by atoms with Crippen LogP contribution >= 0.6 is 165 Å². The van der Waals surface area contributed by atoms with Crippen molar-refractivity contribution in [3.63, 3.8) is 0 Å². The highest BCUT2D eigenvalue weighted by molar-refractivity contribution is 9.30. The van der Waals surface area contributed by atoms with Gasteiger partial charge < -0.3 is 53.1 Å². The molecule has 12 nitrogen and oxygen atoms in total. The smallest absolute Gasteiger partial charge is 0.373 e. The van der Waals surface area contributed by atoms with Gasteiger partial charge in [0.2, 0.25) is 0 Å². The molecule has 0 aliphatic heterocycles. The van der Waals surface area contributed by atoms with Crippen LogP contribution in [0.25, 0.3) is 0 Å². The van der Waals surface area contributed by atoms with Crippen molar-refractivity contribution in [2.45, 2.75) is 247 Å². The van der Waals surface area contributed by atoms with Gasteiger partial charge in [0, 0.05) is 79.3 Å². The predicted octanol–water partition coefficient (Wildman–Crippen LogP) is 24.0. The molecule has 94 heavy (non-hydrogen) atoms. The number of hydrogen-bond acceptors (Lipinski definition) is 28. The first-order valence-corrected chi connectivity index (χ1v) is 61.9. The molecule has 0 amide bonds. The van der Waals surface area contributed by atoms with Crippen LogP contribution in [0.1, 0.15) is 226 Å². The molecule has 12 unspecified atom stereocenters. The fourth-order valence-electron chi connectivity index (χ4n) is 17.5. The summed E-state index contributed by atoms with van der Waals surface area (Å²) < 4.78 is 83.6. The van der Waals surface area contributed by atoms with E-state index in [1.165, 1.54) is 86.9 Å². The molecular formula is C62H116O12S16Si4. The summed E-state index contributed by atoms with van der Waals surface area (Å²) in [4.78, 5) is 0. The highest BCUT2D eigenvalue weighted by Gasteiger charge is 2.74. The Balaban J connectivity index is 1.20. The first-order chi connectivity index (χ1) is 45.6. The third-order valence-electron chi connectivity index (χ3n) is 20.8. The third kappa shape index (κ3) is 18.6. The van der Waals surface area contributed by atoms with E-state index < -0.39 is 35.2 Å². The molecule has 8 fully saturated rings. The quantitative estimate of drug-likeness (QED) is 0.0249. The largest absolute Gasteiger partial charge is 0.519 e. The Labute approximate surface area is 635 Å².